The number of carbonyl (C=O) groups excluding carboxylic acids is 1. The lowest BCUT2D eigenvalue weighted by atomic mass is 10.1. The average Bonchev–Trinajstić information content (AvgIpc) is 2.73. The Morgan fingerprint density at radius 2 is 1.58 bits per heavy atom. The minimum Gasteiger partial charge on any atom is -0.492 e. The fourth-order valence-electron chi connectivity index (χ4n) is 3.32. The third-order valence-corrected chi connectivity index (χ3v) is 4.98. The van der Waals surface area contributed by atoms with E-state index in [0.29, 0.717) is 23.6 Å². The van der Waals surface area contributed by atoms with Gasteiger partial charge in [0.05, 0.1) is 12.1 Å². The van der Waals surface area contributed by atoms with E-state index in [1.165, 1.54) is 6.07 Å². The normalized spacial score (nSPS) is 13.6. The van der Waals surface area contributed by atoms with Gasteiger partial charge in [0, 0.05) is 44.7 Å². The van der Waals surface area contributed by atoms with Gasteiger partial charge in [-0.05, 0) is 36.4 Å². The second-order valence-corrected chi connectivity index (χ2v) is 6.97. The summed E-state index contributed by atoms with van der Waals surface area (Å²) in [7, 11) is 0. The summed E-state index contributed by atoms with van der Waals surface area (Å²) in [6.07, 6.45) is -0.171. The van der Waals surface area contributed by atoms with E-state index in [1.807, 2.05) is 12.1 Å². The van der Waals surface area contributed by atoms with Crippen LogP contribution in [0, 0.1) is 5.82 Å². The van der Waals surface area contributed by atoms with Gasteiger partial charge in [0.15, 0.2) is 5.78 Å². The van der Waals surface area contributed by atoms with E-state index in [-0.39, 0.29) is 49.3 Å². The number of hydrogen-bond donors (Lipinski definition) is 1. The van der Waals surface area contributed by atoms with Crippen LogP contribution in [0.15, 0.2) is 48.5 Å². The van der Waals surface area contributed by atoms with Crippen LogP contribution in [-0.2, 0) is 4.79 Å². The van der Waals surface area contributed by atoms with Gasteiger partial charge >= 0.3 is 5.97 Å². The zero-order valence-corrected chi connectivity index (χ0v) is 18.7. The molecule has 1 aliphatic rings. The first-order valence-corrected chi connectivity index (χ1v) is 9.72. The standard InChI is InChI=1S/C22H25FN2O4.2ClH/c23-19-3-1-2-4-20(19)25-13-11-24(12-14-25)15-16-29-18-7-5-17(6-8-18)21(26)9-10-22(27)28;;/h1-8H,9-16H2,(H,27,28);2*1H. The molecule has 2 aromatic rings. The molecule has 1 fully saturated rings. The van der Waals surface area contributed by atoms with E-state index in [9.17, 15) is 14.0 Å². The number of hydrogen-bond acceptors (Lipinski definition) is 5. The van der Waals surface area contributed by atoms with Gasteiger partial charge < -0.3 is 14.7 Å². The number of carbonyl (C=O) groups is 2. The maximum absolute atomic E-state index is 13.9. The van der Waals surface area contributed by atoms with Crippen molar-refractivity contribution in [3.05, 3.63) is 59.9 Å². The predicted molar refractivity (Wildman–Crippen MR) is 123 cm³/mol. The molecule has 170 valence electrons. The molecular formula is C22H27Cl2FN2O4. The van der Waals surface area contributed by atoms with E-state index in [4.69, 9.17) is 9.84 Å². The first kappa shape index (κ1) is 26.7. The first-order chi connectivity index (χ1) is 14.0. The number of rotatable bonds is 9. The molecule has 1 N–H and O–H groups in total. The van der Waals surface area contributed by atoms with E-state index in [0.717, 1.165) is 32.7 Å². The Morgan fingerprint density at radius 3 is 2.19 bits per heavy atom. The molecule has 2 aromatic carbocycles. The Kier molecular flexibility index (Phi) is 11.3. The summed E-state index contributed by atoms with van der Waals surface area (Å²) in [5.41, 5.74) is 1.14. The fraction of sp³-hybridized carbons (Fsp3) is 0.364. The number of benzene rings is 2. The molecule has 0 amide bonds. The Hall–Kier alpha value is -2.35. The molecule has 6 nitrogen and oxygen atoms in total. The van der Waals surface area contributed by atoms with Crippen LogP contribution in [0.25, 0.3) is 0 Å². The van der Waals surface area contributed by atoms with Crippen molar-refractivity contribution in [2.75, 3.05) is 44.2 Å². The zero-order chi connectivity index (χ0) is 20.6. The molecule has 1 aliphatic heterocycles. The molecule has 0 atom stereocenters. The Morgan fingerprint density at radius 1 is 0.935 bits per heavy atom. The van der Waals surface area contributed by atoms with Gasteiger partial charge in [-0.15, -0.1) is 24.8 Å². The van der Waals surface area contributed by atoms with Crippen LogP contribution in [-0.4, -0.2) is 61.1 Å². The summed E-state index contributed by atoms with van der Waals surface area (Å²) < 4.78 is 19.6. The monoisotopic (exact) mass is 472 g/mol. The molecule has 1 heterocycles. The van der Waals surface area contributed by atoms with E-state index >= 15 is 0 Å². The number of aliphatic carboxylic acids is 1. The highest BCUT2D eigenvalue weighted by Gasteiger charge is 2.19. The summed E-state index contributed by atoms with van der Waals surface area (Å²) in [5, 5.41) is 8.65. The van der Waals surface area contributed by atoms with Crippen LogP contribution in [0.5, 0.6) is 5.75 Å². The number of anilines is 1. The minimum atomic E-state index is -0.979. The number of piperazine rings is 1. The van der Waals surface area contributed by atoms with Crippen molar-refractivity contribution in [3.63, 3.8) is 0 Å². The SMILES string of the molecule is Cl.Cl.O=C(O)CCC(=O)c1ccc(OCCN2CCN(c3ccccc3F)CC2)cc1. The Balaban J connectivity index is 0.00000240. The van der Waals surface area contributed by atoms with Crippen LogP contribution in [0.4, 0.5) is 10.1 Å². The lowest BCUT2D eigenvalue weighted by Gasteiger charge is -2.36. The first-order valence-electron chi connectivity index (χ1n) is 9.72. The highest BCUT2D eigenvalue weighted by Crippen LogP contribution is 2.20. The summed E-state index contributed by atoms with van der Waals surface area (Å²) in [5.74, 6) is -0.682. The van der Waals surface area contributed by atoms with Gasteiger partial charge in [-0.3, -0.25) is 14.5 Å². The highest BCUT2D eigenvalue weighted by atomic mass is 35.5. The number of carboxylic acids is 1. The Labute approximate surface area is 193 Å². The molecule has 0 radical (unpaired) electrons. The molecule has 0 spiro atoms. The number of para-hydroxylation sites is 1. The molecule has 0 aliphatic carbocycles. The molecule has 0 aromatic heterocycles. The van der Waals surface area contributed by atoms with Gasteiger partial charge in [0.2, 0.25) is 0 Å². The maximum atomic E-state index is 13.9. The summed E-state index contributed by atoms with van der Waals surface area (Å²) >= 11 is 0. The van der Waals surface area contributed by atoms with Crippen LogP contribution in [0.1, 0.15) is 23.2 Å². The van der Waals surface area contributed by atoms with Crippen molar-refractivity contribution in [1.29, 1.82) is 0 Å². The van der Waals surface area contributed by atoms with Crippen LogP contribution in [0.2, 0.25) is 0 Å². The van der Waals surface area contributed by atoms with Crippen molar-refractivity contribution < 1.29 is 23.8 Å². The highest BCUT2D eigenvalue weighted by molar-refractivity contribution is 5.97. The second kappa shape index (κ2) is 13.1. The Bertz CT molecular complexity index is 844. The molecule has 1 saturated heterocycles. The number of nitrogens with zero attached hydrogens (tertiary/aromatic N) is 2. The number of ketones is 1. The van der Waals surface area contributed by atoms with Gasteiger partial charge in [0.25, 0.3) is 0 Å². The maximum Gasteiger partial charge on any atom is 0.303 e. The van der Waals surface area contributed by atoms with Crippen molar-refractivity contribution in [2.24, 2.45) is 0 Å². The topological polar surface area (TPSA) is 70.1 Å². The molecular weight excluding hydrogens is 446 g/mol. The lowest BCUT2D eigenvalue weighted by molar-refractivity contribution is -0.136. The van der Waals surface area contributed by atoms with Crippen LogP contribution < -0.4 is 9.64 Å². The average molecular weight is 473 g/mol. The van der Waals surface area contributed by atoms with Gasteiger partial charge in [0.1, 0.15) is 18.2 Å². The van der Waals surface area contributed by atoms with E-state index in [1.54, 1.807) is 30.3 Å². The zero-order valence-electron chi connectivity index (χ0n) is 17.0. The smallest absolute Gasteiger partial charge is 0.303 e. The second-order valence-electron chi connectivity index (χ2n) is 6.97. The lowest BCUT2D eigenvalue weighted by Crippen LogP contribution is -2.47. The summed E-state index contributed by atoms with van der Waals surface area (Å²) in [4.78, 5) is 26.8. The summed E-state index contributed by atoms with van der Waals surface area (Å²) in [6.45, 7) is 4.52. The number of carboxylic acid groups (broad SMARTS) is 1. The number of halogens is 3. The molecule has 31 heavy (non-hydrogen) atoms. The van der Waals surface area contributed by atoms with Crippen molar-refractivity contribution in [1.82, 2.24) is 4.90 Å². The van der Waals surface area contributed by atoms with Gasteiger partial charge in [-0.25, -0.2) is 4.39 Å². The quantitative estimate of drug-likeness (QED) is 0.557. The predicted octanol–water partition coefficient (Wildman–Crippen LogP) is 3.92. The molecule has 0 saturated carbocycles. The minimum absolute atomic E-state index is 0. The number of ether oxygens (including phenoxy) is 1. The number of Topliss-reactive ketones (excluding diaryl/α,β-unsaturated/α-hetero) is 1. The van der Waals surface area contributed by atoms with Crippen LogP contribution >= 0.6 is 24.8 Å². The van der Waals surface area contributed by atoms with Gasteiger partial charge in [-0.2, -0.15) is 0 Å². The van der Waals surface area contributed by atoms with Crippen molar-refractivity contribution in [2.45, 2.75) is 12.8 Å². The third-order valence-electron chi connectivity index (χ3n) is 4.98. The molecule has 3 rings (SSSR count). The summed E-state index contributed by atoms with van der Waals surface area (Å²) in [6, 6.07) is 13.6. The van der Waals surface area contributed by atoms with Crippen molar-refractivity contribution >= 4 is 42.3 Å². The fourth-order valence-corrected chi connectivity index (χ4v) is 3.32. The van der Waals surface area contributed by atoms with Crippen molar-refractivity contribution in [3.8, 4) is 5.75 Å². The van der Waals surface area contributed by atoms with E-state index in [2.05, 4.69) is 9.80 Å². The molecule has 9 heteroatoms. The molecule has 0 unspecified atom stereocenters. The molecule has 0 bridgehead atoms. The van der Waals surface area contributed by atoms with E-state index < -0.39 is 5.97 Å². The van der Waals surface area contributed by atoms with Crippen LogP contribution in [0.3, 0.4) is 0 Å². The largest absolute Gasteiger partial charge is 0.492 e. The van der Waals surface area contributed by atoms with Gasteiger partial charge in [-0.1, -0.05) is 12.1 Å². The third kappa shape index (κ3) is 8.01.